The van der Waals surface area contributed by atoms with Crippen LogP contribution in [0.4, 0.5) is 0 Å². The minimum atomic E-state index is -0.112. The number of nitrogens with zero attached hydrogens (tertiary/aromatic N) is 3. The Morgan fingerprint density at radius 3 is 2.09 bits per heavy atom. The molecule has 2 aromatic rings. The van der Waals surface area contributed by atoms with Crippen LogP contribution in [-0.2, 0) is 13.1 Å². The van der Waals surface area contributed by atoms with Gasteiger partial charge in [0.25, 0.3) is 0 Å². The van der Waals surface area contributed by atoms with E-state index in [-0.39, 0.29) is 11.4 Å². The minimum absolute atomic E-state index is 0.112. The summed E-state index contributed by atoms with van der Waals surface area (Å²) in [7, 11) is 0. The molecule has 1 aliphatic heterocycles. The number of phenols is 1. The summed E-state index contributed by atoms with van der Waals surface area (Å²) in [6.07, 6.45) is 2.03. The van der Waals surface area contributed by atoms with Crippen molar-refractivity contribution in [3.8, 4) is 11.4 Å². The lowest BCUT2D eigenvalue weighted by Crippen LogP contribution is -2.30. The predicted octanol–water partition coefficient (Wildman–Crippen LogP) is 2.90. The highest BCUT2D eigenvalue weighted by molar-refractivity contribution is 7.71. The van der Waals surface area contributed by atoms with Crippen molar-refractivity contribution >= 4 is 12.2 Å². The summed E-state index contributed by atoms with van der Waals surface area (Å²) in [5, 5.41) is 10.4. The molecule has 0 spiro atoms. The van der Waals surface area contributed by atoms with Gasteiger partial charge in [-0.3, -0.25) is 4.68 Å². The monoisotopic (exact) mass is 319 g/mol. The van der Waals surface area contributed by atoms with Crippen molar-refractivity contribution < 1.29 is 5.11 Å². The Balaban J connectivity index is 2.42. The number of aromatic nitrogens is 3. The molecule has 0 radical (unpaired) electrons. The molecule has 0 amide bonds. The van der Waals surface area contributed by atoms with Gasteiger partial charge in [-0.15, -0.1) is 0 Å². The highest BCUT2D eigenvalue weighted by atomic mass is 32.1. The molecule has 6 heteroatoms. The van der Waals surface area contributed by atoms with E-state index in [0.717, 1.165) is 41.8 Å². The molecule has 3 rings (SSSR count). The zero-order chi connectivity index (χ0) is 16.2. The third-order valence-corrected chi connectivity index (χ3v) is 5.27. The van der Waals surface area contributed by atoms with Crippen molar-refractivity contribution in [3.05, 3.63) is 37.5 Å². The van der Waals surface area contributed by atoms with Gasteiger partial charge in [0.1, 0.15) is 5.75 Å². The Morgan fingerprint density at radius 2 is 1.50 bits per heavy atom. The molecular formula is C16H21N3O2S. The molecule has 1 aromatic heterocycles. The maximum absolute atomic E-state index is 12.8. The fourth-order valence-corrected chi connectivity index (χ4v) is 3.67. The van der Waals surface area contributed by atoms with Crippen molar-refractivity contribution in [2.75, 3.05) is 0 Å². The number of hydrogen-bond acceptors (Lipinski definition) is 3. The van der Waals surface area contributed by atoms with Gasteiger partial charge in [-0.25, -0.2) is 14.0 Å². The van der Waals surface area contributed by atoms with E-state index in [1.807, 2.05) is 32.4 Å². The Bertz CT molecular complexity index is 820. The lowest BCUT2D eigenvalue weighted by atomic mass is 9.97. The highest BCUT2D eigenvalue weighted by Crippen LogP contribution is 2.33. The SMILES string of the molecule is Cc1c(C)c(O)c(C)c(-n2c(=O)n3n(c2=S)CCCC3)c1C. The number of phenolic OH excluding ortho intramolecular Hbond substituents is 1. The van der Waals surface area contributed by atoms with Crippen LogP contribution >= 0.6 is 12.2 Å². The molecule has 1 N–H and O–H groups in total. The summed E-state index contributed by atoms with van der Waals surface area (Å²) < 4.78 is 5.69. The molecule has 0 unspecified atom stereocenters. The fourth-order valence-electron chi connectivity index (χ4n) is 3.31. The van der Waals surface area contributed by atoms with E-state index >= 15 is 0 Å². The Labute approximate surface area is 134 Å². The van der Waals surface area contributed by atoms with Crippen LogP contribution in [0, 0.1) is 32.5 Å². The molecule has 0 fully saturated rings. The van der Waals surface area contributed by atoms with E-state index in [1.54, 1.807) is 9.25 Å². The first-order valence-electron chi connectivity index (χ1n) is 7.58. The van der Waals surface area contributed by atoms with E-state index in [0.29, 0.717) is 16.9 Å². The van der Waals surface area contributed by atoms with Crippen LogP contribution < -0.4 is 5.69 Å². The number of hydrogen-bond donors (Lipinski definition) is 1. The molecule has 118 valence electrons. The van der Waals surface area contributed by atoms with Crippen molar-refractivity contribution in [1.29, 1.82) is 0 Å². The van der Waals surface area contributed by atoms with Gasteiger partial charge >= 0.3 is 5.69 Å². The first-order chi connectivity index (χ1) is 10.4. The molecule has 1 aromatic carbocycles. The second-order valence-electron chi connectivity index (χ2n) is 6.05. The summed E-state index contributed by atoms with van der Waals surface area (Å²) in [6, 6.07) is 0. The molecular weight excluding hydrogens is 298 g/mol. The molecule has 0 bridgehead atoms. The van der Waals surface area contributed by atoms with E-state index in [1.165, 1.54) is 0 Å². The highest BCUT2D eigenvalue weighted by Gasteiger charge is 2.22. The van der Waals surface area contributed by atoms with Crippen LogP contribution in [0.15, 0.2) is 4.79 Å². The number of fused-ring (bicyclic) bond motifs is 1. The van der Waals surface area contributed by atoms with Gasteiger partial charge in [-0.1, -0.05) is 0 Å². The van der Waals surface area contributed by atoms with Crippen molar-refractivity contribution in [2.45, 2.75) is 53.6 Å². The van der Waals surface area contributed by atoms with Crippen LogP contribution in [0.5, 0.6) is 5.75 Å². The third kappa shape index (κ3) is 1.90. The first-order valence-corrected chi connectivity index (χ1v) is 7.99. The molecule has 5 nitrogen and oxygen atoms in total. The normalized spacial score (nSPS) is 14.2. The Morgan fingerprint density at radius 1 is 0.909 bits per heavy atom. The van der Waals surface area contributed by atoms with Gasteiger partial charge in [0, 0.05) is 18.7 Å². The number of aromatic hydroxyl groups is 1. The van der Waals surface area contributed by atoms with Gasteiger partial charge in [-0.05, 0) is 69.4 Å². The lowest BCUT2D eigenvalue weighted by Gasteiger charge is -2.17. The van der Waals surface area contributed by atoms with Crippen LogP contribution in [0.25, 0.3) is 5.69 Å². The van der Waals surface area contributed by atoms with Gasteiger partial charge in [-0.2, -0.15) is 0 Å². The molecule has 22 heavy (non-hydrogen) atoms. The van der Waals surface area contributed by atoms with Crippen molar-refractivity contribution in [2.24, 2.45) is 0 Å². The largest absolute Gasteiger partial charge is 0.507 e. The number of rotatable bonds is 1. The zero-order valence-electron chi connectivity index (χ0n) is 13.4. The maximum Gasteiger partial charge on any atom is 0.349 e. The van der Waals surface area contributed by atoms with Crippen LogP contribution in [0.2, 0.25) is 0 Å². The summed E-state index contributed by atoms with van der Waals surface area (Å²) in [6.45, 7) is 9.15. The molecule has 0 atom stereocenters. The summed E-state index contributed by atoms with van der Waals surface area (Å²) in [4.78, 5) is 12.8. The van der Waals surface area contributed by atoms with E-state index in [9.17, 15) is 9.90 Å². The average molecular weight is 319 g/mol. The van der Waals surface area contributed by atoms with Gasteiger partial charge in [0.05, 0.1) is 5.69 Å². The second-order valence-corrected chi connectivity index (χ2v) is 6.42. The van der Waals surface area contributed by atoms with Gasteiger partial charge in [0.2, 0.25) is 4.77 Å². The fraction of sp³-hybridized carbons (Fsp3) is 0.500. The predicted molar refractivity (Wildman–Crippen MR) is 88.7 cm³/mol. The number of benzene rings is 1. The summed E-state index contributed by atoms with van der Waals surface area (Å²) in [5.41, 5.74) is 4.16. The Hall–Kier alpha value is -1.82. The van der Waals surface area contributed by atoms with Gasteiger partial charge < -0.3 is 5.11 Å². The van der Waals surface area contributed by atoms with Gasteiger partial charge in [0.15, 0.2) is 0 Å². The van der Waals surface area contributed by atoms with E-state index in [4.69, 9.17) is 12.2 Å². The molecule has 0 saturated carbocycles. The van der Waals surface area contributed by atoms with Crippen LogP contribution in [0.1, 0.15) is 35.1 Å². The summed E-state index contributed by atoms with van der Waals surface area (Å²) >= 11 is 5.54. The molecule has 2 heterocycles. The standard InChI is InChI=1S/C16H21N3O2S/c1-9-10(2)13(12(4)14(20)11(9)3)19-15(21)17-7-5-6-8-18(17)16(19)22/h20H,5-8H2,1-4H3. The first kappa shape index (κ1) is 15.1. The molecule has 0 aliphatic carbocycles. The zero-order valence-corrected chi connectivity index (χ0v) is 14.3. The Kier molecular flexibility index (Phi) is 3.51. The molecule has 0 saturated heterocycles. The van der Waals surface area contributed by atoms with Crippen molar-refractivity contribution in [1.82, 2.24) is 13.9 Å². The summed E-state index contributed by atoms with van der Waals surface area (Å²) in [5.74, 6) is 0.244. The topological polar surface area (TPSA) is 52.1 Å². The van der Waals surface area contributed by atoms with Crippen LogP contribution in [0.3, 0.4) is 0 Å². The van der Waals surface area contributed by atoms with Crippen LogP contribution in [-0.4, -0.2) is 19.0 Å². The average Bonchev–Trinajstić information content (AvgIpc) is 2.77. The molecule has 1 aliphatic rings. The lowest BCUT2D eigenvalue weighted by molar-refractivity contribution is 0.352. The maximum atomic E-state index is 12.8. The van der Waals surface area contributed by atoms with Crippen molar-refractivity contribution in [3.63, 3.8) is 0 Å². The second kappa shape index (κ2) is 5.12. The minimum Gasteiger partial charge on any atom is -0.507 e. The van der Waals surface area contributed by atoms with E-state index < -0.39 is 0 Å². The smallest absolute Gasteiger partial charge is 0.349 e. The van der Waals surface area contributed by atoms with E-state index in [2.05, 4.69) is 0 Å². The third-order valence-electron chi connectivity index (χ3n) is 4.87. The quantitative estimate of drug-likeness (QED) is 0.822.